The second kappa shape index (κ2) is 9.67. The lowest BCUT2D eigenvalue weighted by atomic mass is 10.1. The van der Waals surface area contributed by atoms with E-state index in [1.807, 2.05) is 42.5 Å². The molecule has 0 unspecified atom stereocenters. The summed E-state index contributed by atoms with van der Waals surface area (Å²) < 4.78 is 2.20. The van der Waals surface area contributed by atoms with Crippen molar-refractivity contribution in [2.24, 2.45) is 5.73 Å². The summed E-state index contributed by atoms with van der Waals surface area (Å²) in [5, 5.41) is 10.6. The van der Waals surface area contributed by atoms with E-state index in [1.165, 1.54) is 0 Å². The minimum Gasteiger partial charge on any atom is -0.481 e. The zero-order chi connectivity index (χ0) is 23.4. The molecule has 168 valence electrons. The van der Waals surface area contributed by atoms with Crippen molar-refractivity contribution in [2.45, 2.75) is 26.3 Å². The van der Waals surface area contributed by atoms with Gasteiger partial charge in [-0.25, -0.2) is 4.98 Å². The Kier molecular flexibility index (Phi) is 6.51. The van der Waals surface area contributed by atoms with E-state index in [1.54, 1.807) is 0 Å². The third-order valence-electron chi connectivity index (χ3n) is 5.48. The Balaban J connectivity index is 0.000000601. The molecule has 5 aromatic rings. The summed E-state index contributed by atoms with van der Waals surface area (Å²) in [6.07, 6.45) is 4.03. The predicted molar refractivity (Wildman–Crippen MR) is 132 cm³/mol. The van der Waals surface area contributed by atoms with Crippen LogP contribution in [0.2, 0.25) is 0 Å². The number of para-hydroxylation sites is 1. The van der Waals surface area contributed by atoms with E-state index >= 15 is 0 Å². The highest BCUT2D eigenvalue weighted by Crippen LogP contribution is 2.30. The van der Waals surface area contributed by atoms with E-state index in [2.05, 4.69) is 33.9 Å². The quantitative estimate of drug-likeness (QED) is 0.273. The van der Waals surface area contributed by atoms with Gasteiger partial charge >= 0.3 is 0 Å². The SMILES string of the molecule is CC(=O)O.NCCCCn1cc(-c2nc3c(ccc4ccccc43)[nH]c2=O)c2ccccc21. The van der Waals surface area contributed by atoms with Crippen LogP contribution in [-0.4, -0.2) is 32.2 Å². The standard InChI is InChI=1S/C24H22N4O.C2H4O2/c25-13-5-6-14-28-15-19(18-9-3-4-10-21(18)28)23-24(29)26-20-12-11-16-7-1-2-8-17(16)22(20)27-23;1-2(3)4/h1-4,7-12,15H,5-6,13-14,25H2,(H,26,29);1H3,(H,3,4). The van der Waals surface area contributed by atoms with Gasteiger partial charge in [0.25, 0.3) is 11.5 Å². The third kappa shape index (κ3) is 4.63. The second-order valence-corrected chi connectivity index (χ2v) is 7.87. The molecule has 0 atom stereocenters. The van der Waals surface area contributed by atoms with Gasteiger partial charge in [-0.05, 0) is 36.9 Å². The summed E-state index contributed by atoms with van der Waals surface area (Å²) >= 11 is 0. The molecule has 0 amide bonds. The zero-order valence-electron chi connectivity index (χ0n) is 18.4. The first kappa shape index (κ1) is 22.2. The minimum atomic E-state index is -0.833. The molecule has 0 bridgehead atoms. The second-order valence-electron chi connectivity index (χ2n) is 7.87. The number of carboxylic acid groups (broad SMARTS) is 1. The Labute approximate surface area is 190 Å². The molecule has 0 saturated heterocycles. The van der Waals surface area contributed by atoms with Crippen LogP contribution in [0.25, 0.3) is 44.0 Å². The van der Waals surface area contributed by atoms with E-state index in [-0.39, 0.29) is 5.56 Å². The van der Waals surface area contributed by atoms with Crippen molar-refractivity contribution in [3.63, 3.8) is 0 Å². The molecule has 5 rings (SSSR count). The summed E-state index contributed by atoms with van der Waals surface area (Å²) in [5.41, 5.74) is 9.49. The average Bonchev–Trinajstić information content (AvgIpc) is 3.17. The predicted octanol–water partition coefficient (Wildman–Crippen LogP) is 4.53. The van der Waals surface area contributed by atoms with E-state index in [0.717, 1.165) is 64.6 Å². The van der Waals surface area contributed by atoms with Gasteiger partial charge in [0.05, 0.1) is 11.0 Å². The monoisotopic (exact) mass is 442 g/mol. The van der Waals surface area contributed by atoms with Gasteiger partial charge in [0.2, 0.25) is 0 Å². The fraction of sp³-hybridized carbons (Fsp3) is 0.192. The number of carbonyl (C=O) groups is 1. The summed E-state index contributed by atoms with van der Waals surface area (Å²) in [6.45, 7) is 2.64. The fourth-order valence-electron chi connectivity index (χ4n) is 4.05. The molecule has 2 aromatic heterocycles. The third-order valence-corrected chi connectivity index (χ3v) is 5.48. The molecule has 0 aliphatic carbocycles. The van der Waals surface area contributed by atoms with Gasteiger partial charge in [-0.15, -0.1) is 0 Å². The lowest BCUT2D eigenvalue weighted by molar-refractivity contribution is -0.134. The van der Waals surface area contributed by atoms with Crippen LogP contribution in [0.4, 0.5) is 0 Å². The number of hydrogen-bond donors (Lipinski definition) is 3. The van der Waals surface area contributed by atoms with E-state index < -0.39 is 5.97 Å². The minimum absolute atomic E-state index is 0.169. The van der Waals surface area contributed by atoms with Crippen LogP contribution in [-0.2, 0) is 11.3 Å². The molecule has 33 heavy (non-hydrogen) atoms. The van der Waals surface area contributed by atoms with Gasteiger partial charge in [0.1, 0.15) is 5.69 Å². The van der Waals surface area contributed by atoms with Crippen molar-refractivity contribution in [3.05, 3.63) is 77.2 Å². The number of hydrogen-bond acceptors (Lipinski definition) is 4. The van der Waals surface area contributed by atoms with Gasteiger partial charge in [-0.2, -0.15) is 0 Å². The van der Waals surface area contributed by atoms with Gasteiger partial charge in [-0.3, -0.25) is 9.59 Å². The number of carboxylic acids is 1. The topological polar surface area (TPSA) is 114 Å². The maximum atomic E-state index is 12.9. The number of unbranched alkanes of at least 4 members (excludes halogenated alkanes) is 1. The number of fused-ring (bicyclic) bond motifs is 4. The van der Waals surface area contributed by atoms with Crippen LogP contribution in [0.5, 0.6) is 0 Å². The highest BCUT2D eigenvalue weighted by atomic mass is 16.4. The van der Waals surface area contributed by atoms with E-state index in [4.69, 9.17) is 20.6 Å². The molecule has 0 aliphatic rings. The number of aromatic amines is 1. The number of rotatable bonds is 5. The maximum absolute atomic E-state index is 12.9. The van der Waals surface area contributed by atoms with Gasteiger partial charge in [0.15, 0.2) is 0 Å². The van der Waals surface area contributed by atoms with Crippen LogP contribution >= 0.6 is 0 Å². The first-order chi connectivity index (χ1) is 16.0. The molecule has 0 aliphatic heterocycles. The van der Waals surface area contributed by atoms with E-state index in [0.29, 0.717) is 12.2 Å². The number of nitrogens with one attached hydrogen (secondary N) is 1. The Hall–Kier alpha value is -3.97. The molecule has 4 N–H and O–H groups in total. The van der Waals surface area contributed by atoms with Crippen LogP contribution in [0.3, 0.4) is 0 Å². The van der Waals surface area contributed by atoms with Crippen LogP contribution < -0.4 is 11.3 Å². The summed E-state index contributed by atoms with van der Waals surface area (Å²) in [6, 6.07) is 20.2. The molecular weight excluding hydrogens is 416 g/mol. The Bertz CT molecular complexity index is 1500. The van der Waals surface area contributed by atoms with Gasteiger partial charge < -0.3 is 20.4 Å². The maximum Gasteiger partial charge on any atom is 0.300 e. The number of aromatic nitrogens is 3. The lowest BCUT2D eigenvalue weighted by Gasteiger charge is -2.05. The normalized spacial score (nSPS) is 11.0. The molecule has 7 heteroatoms. The Morgan fingerprint density at radius 2 is 1.73 bits per heavy atom. The number of nitrogens with zero attached hydrogens (tertiary/aromatic N) is 2. The van der Waals surface area contributed by atoms with Crippen molar-refractivity contribution in [1.29, 1.82) is 0 Å². The molecule has 0 spiro atoms. The fourth-order valence-corrected chi connectivity index (χ4v) is 4.05. The first-order valence-corrected chi connectivity index (χ1v) is 10.9. The number of aliphatic carboxylic acids is 1. The molecule has 7 nitrogen and oxygen atoms in total. The largest absolute Gasteiger partial charge is 0.481 e. The first-order valence-electron chi connectivity index (χ1n) is 10.9. The van der Waals surface area contributed by atoms with Crippen molar-refractivity contribution in [2.75, 3.05) is 6.54 Å². The number of H-pyrrole nitrogens is 1. The smallest absolute Gasteiger partial charge is 0.300 e. The Morgan fingerprint density at radius 1 is 1.03 bits per heavy atom. The summed E-state index contributed by atoms with van der Waals surface area (Å²) in [7, 11) is 0. The number of benzene rings is 3. The zero-order valence-corrected chi connectivity index (χ0v) is 18.4. The van der Waals surface area contributed by atoms with Gasteiger partial charge in [-0.1, -0.05) is 48.5 Å². The molecule has 0 radical (unpaired) electrons. The van der Waals surface area contributed by atoms with Crippen LogP contribution in [0.1, 0.15) is 19.8 Å². The van der Waals surface area contributed by atoms with E-state index in [9.17, 15) is 4.79 Å². The Morgan fingerprint density at radius 3 is 2.48 bits per heavy atom. The molecule has 2 heterocycles. The molecule has 0 fully saturated rings. The van der Waals surface area contributed by atoms with Crippen molar-refractivity contribution in [1.82, 2.24) is 14.5 Å². The van der Waals surface area contributed by atoms with Crippen LogP contribution in [0, 0.1) is 0 Å². The summed E-state index contributed by atoms with van der Waals surface area (Å²) in [4.78, 5) is 29.8. The number of aryl methyl sites for hydroxylation is 1. The molecule has 0 saturated carbocycles. The lowest BCUT2D eigenvalue weighted by Crippen LogP contribution is -2.11. The average molecular weight is 443 g/mol. The summed E-state index contributed by atoms with van der Waals surface area (Å²) in [5.74, 6) is -0.833. The van der Waals surface area contributed by atoms with Crippen molar-refractivity contribution in [3.8, 4) is 11.3 Å². The van der Waals surface area contributed by atoms with Gasteiger partial charge in [0, 0.05) is 41.5 Å². The molecular formula is C26H26N4O3. The van der Waals surface area contributed by atoms with Crippen LogP contribution in [0.15, 0.2) is 71.7 Å². The highest BCUT2D eigenvalue weighted by molar-refractivity contribution is 6.05. The highest BCUT2D eigenvalue weighted by Gasteiger charge is 2.16. The molecule has 3 aromatic carbocycles. The van der Waals surface area contributed by atoms with Crippen molar-refractivity contribution < 1.29 is 9.90 Å². The number of nitrogens with two attached hydrogens (primary N) is 1. The van der Waals surface area contributed by atoms with Crippen molar-refractivity contribution >= 4 is 38.7 Å².